The van der Waals surface area contributed by atoms with E-state index in [-0.39, 0.29) is 0 Å². The van der Waals surface area contributed by atoms with Crippen LogP contribution in [0.4, 0.5) is 0 Å². The van der Waals surface area contributed by atoms with Gasteiger partial charge in [0.1, 0.15) is 0 Å². The van der Waals surface area contributed by atoms with Crippen LogP contribution < -0.4 is 0 Å². The second-order valence-corrected chi connectivity index (χ2v) is 3.81. The van der Waals surface area contributed by atoms with Crippen molar-refractivity contribution in [3.63, 3.8) is 0 Å². The van der Waals surface area contributed by atoms with Gasteiger partial charge >= 0.3 is 0 Å². The molecule has 0 bridgehead atoms. The molecule has 0 heteroatoms. The highest BCUT2D eigenvalue weighted by Gasteiger charge is 2.07. The number of benzene rings is 1. The molecule has 0 saturated heterocycles. The fourth-order valence-electron chi connectivity index (χ4n) is 1.88. The Labute approximate surface area is 82.0 Å². The second-order valence-electron chi connectivity index (χ2n) is 3.81. The van der Waals surface area contributed by atoms with Crippen LogP contribution in [0.2, 0.25) is 0 Å². The topological polar surface area (TPSA) is 0 Å². The molecule has 0 saturated carbocycles. The van der Waals surface area contributed by atoms with Crippen LogP contribution in [-0.2, 0) is 0 Å². The van der Waals surface area contributed by atoms with Crippen LogP contribution >= 0.6 is 0 Å². The Morgan fingerprint density at radius 1 is 1.23 bits per heavy atom. The van der Waals surface area contributed by atoms with Gasteiger partial charge in [0.25, 0.3) is 0 Å². The first kappa shape index (κ1) is 10.3. The molecule has 0 aromatic heterocycles. The predicted octanol–water partition coefficient (Wildman–Crippen LogP) is 4.29. The van der Waals surface area contributed by atoms with E-state index in [2.05, 4.69) is 45.0 Å². The van der Waals surface area contributed by atoms with Gasteiger partial charge in [-0.3, -0.25) is 0 Å². The second kappa shape index (κ2) is 5.06. The van der Waals surface area contributed by atoms with E-state index in [1.807, 2.05) is 0 Å². The molecule has 1 rings (SSSR count). The molecule has 0 nitrogen and oxygen atoms in total. The molecule has 0 radical (unpaired) electrons. The van der Waals surface area contributed by atoms with E-state index in [1.54, 1.807) is 0 Å². The zero-order valence-electron chi connectivity index (χ0n) is 9.01. The van der Waals surface area contributed by atoms with Crippen molar-refractivity contribution in [2.24, 2.45) is 0 Å². The van der Waals surface area contributed by atoms with E-state index >= 15 is 0 Å². The van der Waals surface area contributed by atoms with Crippen LogP contribution in [0, 0.1) is 6.92 Å². The molecule has 0 N–H and O–H groups in total. The smallest absolute Gasteiger partial charge is 0.0165 e. The Balaban J connectivity index is 2.78. The van der Waals surface area contributed by atoms with Gasteiger partial charge in [-0.1, -0.05) is 50.1 Å². The molecule has 1 aromatic carbocycles. The van der Waals surface area contributed by atoms with Gasteiger partial charge in [-0.25, -0.2) is 0 Å². The van der Waals surface area contributed by atoms with Crippen LogP contribution in [0.25, 0.3) is 0 Å². The van der Waals surface area contributed by atoms with E-state index in [1.165, 1.54) is 30.4 Å². The summed E-state index contributed by atoms with van der Waals surface area (Å²) in [5.41, 5.74) is 2.90. The molecule has 0 spiro atoms. The summed E-state index contributed by atoms with van der Waals surface area (Å²) in [6.07, 6.45) is 3.86. The molecule has 72 valence electrons. The molecule has 0 aliphatic heterocycles. The number of aryl methyl sites for hydroxylation is 1. The van der Waals surface area contributed by atoms with Gasteiger partial charge < -0.3 is 0 Å². The standard InChI is InChI=1S/C13H20/c1-4-7-12(5-2)13-9-6-8-11(3)10-13/h6,8-10,12H,4-5,7H2,1-3H3. The van der Waals surface area contributed by atoms with Crippen LogP contribution in [0.3, 0.4) is 0 Å². The van der Waals surface area contributed by atoms with Crippen molar-refractivity contribution < 1.29 is 0 Å². The molecule has 0 fully saturated rings. The highest BCUT2D eigenvalue weighted by Crippen LogP contribution is 2.24. The Kier molecular flexibility index (Phi) is 4.01. The highest BCUT2D eigenvalue weighted by atomic mass is 14.1. The van der Waals surface area contributed by atoms with Gasteiger partial charge in [-0.15, -0.1) is 0 Å². The van der Waals surface area contributed by atoms with Gasteiger partial charge in [0.05, 0.1) is 0 Å². The normalized spacial score (nSPS) is 12.8. The van der Waals surface area contributed by atoms with E-state index in [4.69, 9.17) is 0 Å². The number of rotatable bonds is 4. The zero-order valence-corrected chi connectivity index (χ0v) is 9.01. The summed E-state index contributed by atoms with van der Waals surface area (Å²) >= 11 is 0. The van der Waals surface area contributed by atoms with Crippen LogP contribution in [0.1, 0.15) is 50.2 Å². The highest BCUT2D eigenvalue weighted by molar-refractivity contribution is 5.25. The zero-order chi connectivity index (χ0) is 9.68. The Morgan fingerprint density at radius 3 is 2.54 bits per heavy atom. The molecule has 1 atom stereocenters. The Bertz CT molecular complexity index is 250. The molecule has 1 aromatic rings. The Hall–Kier alpha value is -0.780. The maximum atomic E-state index is 2.32. The SMILES string of the molecule is CCCC(CC)c1cccc(C)c1. The van der Waals surface area contributed by atoms with Crippen molar-refractivity contribution in [3.05, 3.63) is 35.4 Å². The third kappa shape index (κ3) is 2.87. The van der Waals surface area contributed by atoms with E-state index in [0.717, 1.165) is 5.92 Å². The molecule has 0 aliphatic rings. The van der Waals surface area contributed by atoms with Crippen LogP contribution in [0.5, 0.6) is 0 Å². The lowest BCUT2D eigenvalue weighted by Crippen LogP contribution is -1.96. The first-order valence-electron chi connectivity index (χ1n) is 5.34. The fourth-order valence-corrected chi connectivity index (χ4v) is 1.88. The minimum absolute atomic E-state index is 0.768. The summed E-state index contributed by atoms with van der Waals surface area (Å²) in [6.45, 7) is 6.71. The Morgan fingerprint density at radius 2 is 2.00 bits per heavy atom. The summed E-state index contributed by atoms with van der Waals surface area (Å²) in [5, 5.41) is 0. The van der Waals surface area contributed by atoms with Gasteiger partial charge in [0.15, 0.2) is 0 Å². The van der Waals surface area contributed by atoms with Crippen LogP contribution in [-0.4, -0.2) is 0 Å². The average molecular weight is 176 g/mol. The first-order chi connectivity index (χ1) is 6.27. The quantitative estimate of drug-likeness (QED) is 0.642. The molecule has 0 aliphatic carbocycles. The van der Waals surface area contributed by atoms with Gasteiger partial charge in [0, 0.05) is 0 Å². The largest absolute Gasteiger partial charge is 0.0654 e. The lowest BCUT2D eigenvalue weighted by Gasteiger charge is -2.14. The third-order valence-corrected chi connectivity index (χ3v) is 2.64. The summed E-state index contributed by atoms with van der Waals surface area (Å²) in [5.74, 6) is 0.768. The lowest BCUT2D eigenvalue weighted by molar-refractivity contribution is 0.595. The molecule has 13 heavy (non-hydrogen) atoms. The minimum atomic E-state index is 0.768. The van der Waals surface area contributed by atoms with E-state index in [0.29, 0.717) is 0 Å². The molecule has 0 heterocycles. The molecule has 1 unspecified atom stereocenters. The summed E-state index contributed by atoms with van der Waals surface area (Å²) in [7, 11) is 0. The van der Waals surface area contributed by atoms with Crippen molar-refractivity contribution in [1.29, 1.82) is 0 Å². The maximum absolute atomic E-state index is 2.32. The van der Waals surface area contributed by atoms with Crippen molar-refractivity contribution in [2.45, 2.75) is 46.0 Å². The van der Waals surface area contributed by atoms with E-state index < -0.39 is 0 Å². The average Bonchev–Trinajstić information content (AvgIpc) is 2.14. The van der Waals surface area contributed by atoms with Gasteiger partial charge in [0.2, 0.25) is 0 Å². The molecular weight excluding hydrogens is 156 g/mol. The summed E-state index contributed by atoms with van der Waals surface area (Å²) < 4.78 is 0. The van der Waals surface area contributed by atoms with Crippen LogP contribution in [0.15, 0.2) is 24.3 Å². The maximum Gasteiger partial charge on any atom is -0.0165 e. The third-order valence-electron chi connectivity index (χ3n) is 2.64. The summed E-state index contributed by atoms with van der Waals surface area (Å²) in [6, 6.07) is 8.92. The molecular formula is C13H20. The van der Waals surface area contributed by atoms with Gasteiger partial charge in [-0.05, 0) is 31.2 Å². The molecule has 0 amide bonds. The summed E-state index contributed by atoms with van der Waals surface area (Å²) in [4.78, 5) is 0. The van der Waals surface area contributed by atoms with Crippen molar-refractivity contribution in [1.82, 2.24) is 0 Å². The van der Waals surface area contributed by atoms with E-state index in [9.17, 15) is 0 Å². The van der Waals surface area contributed by atoms with Crippen molar-refractivity contribution in [3.8, 4) is 0 Å². The number of hydrogen-bond acceptors (Lipinski definition) is 0. The monoisotopic (exact) mass is 176 g/mol. The van der Waals surface area contributed by atoms with Gasteiger partial charge in [-0.2, -0.15) is 0 Å². The van der Waals surface area contributed by atoms with Crippen molar-refractivity contribution in [2.75, 3.05) is 0 Å². The van der Waals surface area contributed by atoms with Crippen molar-refractivity contribution >= 4 is 0 Å². The first-order valence-corrected chi connectivity index (χ1v) is 5.34. The lowest BCUT2D eigenvalue weighted by atomic mass is 9.91. The fraction of sp³-hybridized carbons (Fsp3) is 0.538. The predicted molar refractivity (Wildman–Crippen MR) is 59.1 cm³/mol. The number of hydrogen-bond donors (Lipinski definition) is 0. The minimum Gasteiger partial charge on any atom is -0.0654 e.